The van der Waals surface area contributed by atoms with Gasteiger partial charge in [0.15, 0.2) is 5.76 Å². The first-order valence-corrected chi connectivity index (χ1v) is 10.3. The maximum Gasteiger partial charge on any atom is 0.291 e. The first-order chi connectivity index (χ1) is 14.3. The molecule has 30 heavy (non-hydrogen) atoms. The fourth-order valence-electron chi connectivity index (χ4n) is 2.49. The summed E-state index contributed by atoms with van der Waals surface area (Å²) in [5, 5.41) is 5.27. The highest BCUT2D eigenvalue weighted by molar-refractivity contribution is 7.89. The molecule has 0 aliphatic heterocycles. The van der Waals surface area contributed by atoms with Gasteiger partial charge in [-0.25, -0.2) is 17.5 Å². The van der Waals surface area contributed by atoms with Crippen LogP contribution in [0.25, 0.3) is 0 Å². The van der Waals surface area contributed by atoms with E-state index in [2.05, 4.69) is 15.4 Å². The van der Waals surface area contributed by atoms with Gasteiger partial charge >= 0.3 is 0 Å². The number of carbonyl (C=O) groups excluding carboxylic acids is 2. The Bertz CT molecular complexity index is 1130. The molecule has 0 unspecified atom stereocenters. The van der Waals surface area contributed by atoms with Crippen molar-refractivity contribution in [3.05, 3.63) is 78.5 Å². The molecule has 3 rings (SSSR count). The Morgan fingerprint density at radius 2 is 1.63 bits per heavy atom. The third-order valence-corrected chi connectivity index (χ3v) is 5.39. The van der Waals surface area contributed by atoms with Crippen LogP contribution in [-0.2, 0) is 14.8 Å². The highest BCUT2D eigenvalue weighted by atomic mass is 32.2. The standard InChI is InChI=1S/C20H18FN3O5S/c21-14-6-8-17(9-7-14)30(27,28)22-11-10-19(25)23-15-3-1-4-16(13-15)24-20(26)18-5-2-12-29-18/h1-9,12-13,22H,10-11H2,(H,23,25)(H,24,26). The van der Waals surface area contributed by atoms with Gasteiger partial charge < -0.3 is 15.1 Å². The summed E-state index contributed by atoms with van der Waals surface area (Å²) >= 11 is 0. The average molecular weight is 431 g/mol. The summed E-state index contributed by atoms with van der Waals surface area (Å²) in [6.07, 6.45) is 1.26. The molecule has 2 aromatic carbocycles. The van der Waals surface area contributed by atoms with E-state index in [1.807, 2.05) is 0 Å². The third-order valence-electron chi connectivity index (χ3n) is 3.92. The van der Waals surface area contributed by atoms with Crippen LogP contribution < -0.4 is 15.4 Å². The van der Waals surface area contributed by atoms with Crippen molar-refractivity contribution >= 4 is 33.2 Å². The number of benzene rings is 2. The Hall–Kier alpha value is -3.50. The third kappa shape index (κ3) is 5.75. The minimum absolute atomic E-state index is 0.0932. The van der Waals surface area contributed by atoms with E-state index < -0.39 is 27.7 Å². The first kappa shape index (κ1) is 21.2. The number of sulfonamides is 1. The number of nitrogens with one attached hydrogen (secondary N) is 3. The van der Waals surface area contributed by atoms with E-state index >= 15 is 0 Å². The fraction of sp³-hybridized carbons (Fsp3) is 0.100. The van der Waals surface area contributed by atoms with Crippen LogP contribution in [0.2, 0.25) is 0 Å². The molecule has 0 atom stereocenters. The van der Waals surface area contributed by atoms with E-state index in [0.29, 0.717) is 11.4 Å². The lowest BCUT2D eigenvalue weighted by molar-refractivity contribution is -0.116. The second kappa shape index (κ2) is 9.33. The predicted octanol–water partition coefficient (Wildman–Crippen LogP) is 2.98. The molecular weight excluding hydrogens is 413 g/mol. The van der Waals surface area contributed by atoms with E-state index in [1.54, 1.807) is 30.3 Å². The molecule has 0 aliphatic rings. The smallest absolute Gasteiger partial charge is 0.291 e. The number of hydrogen-bond acceptors (Lipinski definition) is 5. The van der Waals surface area contributed by atoms with Crippen LogP contribution in [0.1, 0.15) is 17.0 Å². The monoisotopic (exact) mass is 431 g/mol. The maximum atomic E-state index is 12.9. The highest BCUT2D eigenvalue weighted by Crippen LogP contribution is 2.16. The van der Waals surface area contributed by atoms with Crippen LogP contribution in [0.4, 0.5) is 15.8 Å². The number of anilines is 2. The second-order valence-corrected chi connectivity index (χ2v) is 7.93. The van der Waals surface area contributed by atoms with Crippen molar-refractivity contribution in [2.24, 2.45) is 0 Å². The molecule has 8 nitrogen and oxygen atoms in total. The molecule has 156 valence electrons. The van der Waals surface area contributed by atoms with Crippen molar-refractivity contribution in [1.82, 2.24) is 4.72 Å². The molecule has 0 radical (unpaired) electrons. The second-order valence-electron chi connectivity index (χ2n) is 6.16. The van der Waals surface area contributed by atoms with Gasteiger partial charge in [-0.3, -0.25) is 9.59 Å². The minimum atomic E-state index is -3.84. The van der Waals surface area contributed by atoms with Crippen LogP contribution in [0.5, 0.6) is 0 Å². The molecule has 0 fully saturated rings. The molecule has 1 aromatic heterocycles. The van der Waals surface area contributed by atoms with Gasteiger partial charge in [-0.1, -0.05) is 6.07 Å². The molecule has 0 aliphatic carbocycles. The number of carbonyl (C=O) groups is 2. The van der Waals surface area contributed by atoms with Crippen LogP contribution in [0, 0.1) is 5.82 Å². The normalized spacial score (nSPS) is 11.1. The molecule has 3 aromatic rings. The predicted molar refractivity (Wildman–Crippen MR) is 108 cm³/mol. The zero-order valence-electron chi connectivity index (χ0n) is 15.6. The zero-order valence-corrected chi connectivity index (χ0v) is 16.4. The van der Waals surface area contributed by atoms with Crippen LogP contribution in [-0.4, -0.2) is 26.8 Å². The van der Waals surface area contributed by atoms with Gasteiger partial charge in [-0.15, -0.1) is 0 Å². The number of rotatable bonds is 8. The van der Waals surface area contributed by atoms with Crippen LogP contribution in [0.15, 0.2) is 76.2 Å². The lowest BCUT2D eigenvalue weighted by Gasteiger charge is -2.09. The van der Waals surface area contributed by atoms with E-state index in [9.17, 15) is 22.4 Å². The molecule has 10 heteroatoms. The number of halogens is 1. The van der Waals surface area contributed by atoms with Crippen molar-refractivity contribution in [2.45, 2.75) is 11.3 Å². The Balaban J connectivity index is 1.51. The molecule has 3 N–H and O–H groups in total. The largest absolute Gasteiger partial charge is 0.459 e. The lowest BCUT2D eigenvalue weighted by Crippen LogP contribution is -2.27. The highest BCUT2D eigenvalue weighted by Gasteiger charge is 2.14. The summed E-state index contributed by atoms with van der Waals surface area (Å²) in [4.78, 5) is 24.0. The molecule has 0 saturated heterocycles. The van der Waals surface area contributed by atoms with Gasteiger partial charge in [0.05, 0.1) is 11.2 Å². The molecular formula is C20H18FN3O5S. The van der Waals surface area contributed by atoms with E-state index in [4.69, 9.17) is 4.42 Å². The van der Waals surface area contributed by atoms with Gasteiger partial charge in [0.1, 0.15) is 5.82 Å². The van der Waals surface area contributed by atoms with Crippen LogP contribution in [0.3, 0.4) is 0 Å². The summed E-state index contributed by atoms with van der Waals surface area (Å²) in [6, 6.07) is 13.9. The molecule has 0 saturated carbocycles. The van der Waals surface area contributed by atoms with E-state index in [-0.39, 0.29) is 23.6 Å². The average Bonchev–Trinajstić information content (AvgIpc) is 3.23. The quantitative estimate of drug-likeness (QED) is 0.507. The van der Waals surface area contributed by atoms with Crippen molar-refractivity contribution < 1.29 is 26.8 Å². The van der Waals surface area contributed by atoms with Crippen molar-refractivity contribution in [3.63, 3.8) is 0 Å². The molecule has 2 amide bonds. The van der Waals surface area contributed by atoms with Gasteiger partial charge in [0, 0.05) is 24.3 Å². The summed E-state index contributed by atoms with van der Waals surface area (Å²) in [5.74, 6) is -1.25. The van der Waals surface area contributed by atoms with Crippen molar-refractivity contribution in [2.75, 3.05) is 17.2 Å². The summed E-state index contributed by atoms with van der Waals surface area (Å²) in [5.41, 5.74) is 0.879. The number of furan rings is 1. The van der Waals surface area contributed by atoms with Gasteiger partial charge in [0.25, 0.3) is 5.91 Å². The Labute approximate surface area is 172 Å². The SMILES string of the molecule is O=C(CCNS(=O)(=O)c1ccc(F)cc1)Nc1cccc(NC(=O)c2ccco2)c1. The summed E-state index contributed by atoms with van der Waals surface area (Å²) in [6.45, 7) is -0.138. The molecule has 0 bridgehead atoms. The summed E-state index contributed by atoms with van der Waals surface area (Å²) in [7, 11) is -3.84. The van der Waals surface area contributed by atoms with Crippen LogP contribution >= 0.6 is 0 Å². The van der Waals surface area contributed by atoms with Gasteiger partial charge in [0.2, 0.25) is 15.9 Å². The topological polar surface area (TPSA) is 118 Å². The van der Waals surface area contributed by atoms with Gasteiger partial charge in [-0.05, 0) is 54.6 Å². The first-order valence-electron chi connectivity index (χ1n) is 8.83. The van der Waals surface area contributed by atoms with Crippen molar-refractivity contribution in [1.29, 1.82) is 0 Å². The minimum Gasteiger partial charge on any atom is -0.459 e. The number of amides is 2. The molecule has 1 heterocycles. The molecule has 0 spiro atoms. The Morgan fingerprint density at radius 1 is 0.933 bits per heavy atom. The zero-order chi connectivity index (χ0) is 21.6. The fourth-order valence-corrected chi connectivity index (χ4v) is 3.53. The van der Waals surface area contributed by atoms with Gasteiger partial charge in [-0.2, -0.15) is 0 Å². The summed E-state index contributed by atoms with van der Waals surface area (Å²) < 4.78 is 44.4. The maximum absolute atomic E-state index is 12.9. The van der Waals surface area contributed by atoms with E-state index in [1.165, 1.54) is 12.3 Å². The number of hydrogen-bond donors (Lipinski definition) is 3. The Morgan fingerprint density at radius 3 is 2.30 bits per heavy atom. The lowest BCUT2D eigenvalue weighted by atomic mass is 10.2. The Kier molecular flexibility index (Phi) is 6.60. The van der Waals surface area contributed by atoms with Crippen molar-refractivity contribution in [3.8, 4) is 0 Å². The van der Waals surface area contributed by atoms with E-state index in [0.717, 1.165) is 24.3 Å².